The molecule has 1 aliphatic rings. The Labute approximate surface area is 74.2 Å². The maximum absolute atomic E-state index is 4.58. The van der Waals surface area contributed by atoms with Crippen LogP contribution in [0.3, 0.4) is 0 Å². The molecule has 62 valence electrons. The van der Waals surface area contributed by atoms with Gasteiger partial charge in [-0.2, -0.15) is 0 Å². The molecule has 1 aromatic rings. The zero-order valence-corrected chi connectivity index (χ0v) is 8.76. The lowest BCUT2D eigenvalue weighted by Gasteiger charge is -2.16. The lowest BCUT2D eigenvalue weighted by atomic mass is 10.3. The van der Waals surface area contributed by atoms with E-state index in [1.165, 1.54) is 16.2 Å². The molecule has 0 saturated carbocycles. The molecule has 0 spiro atoms. The largest absolute Gasteiger partial charge is 0.262 e. The summed E-state index contributed by atoms with van der Waals surface area (Å²) in [5.41, 5.74) is 1.20. The van der Waals surface area contributed by atoms with Gasteiger partial charge in [-0.1, -0.05) is 31.3 Å². The maximum atomic E-state index is 4.58. The van der Waals surface area contributed by atoms with Crippen LogP contribution in [0.25, 0.3) is 0 Å². The molecule has 1 aliphatic heterocycles. The number of hydrogen-bond donors (Lipinski definition) is 0. The average molecular weight is 175 g/mol. The molecule has 1 aromatic carbocycles. The zero-order valence-electron chi connectivity index (χ0n) is 7.76. The van der Waals surface area contributed by atoms with Crippen LogP contribution in [0.4, 0.5) is 5.69 Å². The van der Waals surface area contributed by atoms with Crippen LogP contribution in [-0.2, 0) is 0 Å². The molecule has 0 fully saturated rings. The van der Waals surface area contributed by atoms with Gasteiger partial charge in [-0.05, 0) is 18.2 Å². The maximum Gasteiger partial charge on any atom is 0.132 e. The monoisotopic (exact) mass is 175 g/mol. The molecule has 0 amide bonds. The van der Waals surface area contributed by atoms with E-state index in [0.717, 1.165) is 0 Å². The fourth-order valence-corrected chi connectivity index (χ4v) is 3.70. The lowest BCUT2D eigenvalue weighted by molar-refractivity contribution is 1.57. The molecule has 0 aromatic heterocycles. The Balaban J connectivity index is 2.66. The van der Waals surface area contributed by atoms with Crippen molar-refractivity contribution in [3.05, 3.63) is 24.3 Å². The first-order valence-electron chi connectivity index (χ1n) is 4.27. The molecule has 0 radical (unpaired) electrons. The van der Waals surface area contributed by atoms with E-state index < -0.39 is 8.07 Å². The fourth-order valence-electron chi connectivity index (χ4n) is 1.61. The van der Waals surface area contributed by atoms with Gasteiger partial charge < -0.3 is 0 Å². The molecule has 2 heteroatoms. The molecule has 2 rings (SSSR count). The first-order valence-corrected chi connectivity index (χ1v) is 7.27. The standard InChI is InChI=1S/C10H13NSi/c1-8-11-9-6-4-5-7-10(9)12(8,2)3/h4-7H,1-3H3. The Bertz CT molecular complexity index is 353. The molecule has 1 nitrogen and oxygen atoms in total. The van der Waals surface area contributed by atoms with Crippen LogP contribution in [-0.4, -0.2) is 13.4 Å². The van der Waals surface area contributed by atoms with Crippen LogP contribution in [0.2, 0.25) is 13.1 Å². The van der Waals surface area contributed by atoms with Gasteiger partial charge in [0.05, 0.1) is 5.69 Å². The highest BCUT2D eigenvalue weighted by molar-refractivity contribution is 7.15. The van der Waals surface area contributed by atoms with E-state index in [1.54, 1.807) is 0 Å². The highest BCUT2D eigenvalue weighted by Crippen LogP contribution is 2.23. The Kier molecular flexibility index (Phi) is 1.48. The minimum atomic E-state index is -1.31. The van der Waals surface area contributed by atoms with E-state index in [9.17, 15) is 0 Å². The van der Waals surface area contributed by atoms with Crippen LogP contribution in [0.15, 0.2) is 29.3 Å². The van der Waals surface area contributed by atoms with Crippen LogP contribution in [0, 0.1) is 0 Å². The summed E-state index contributed by atoms with van der Waals surface area (Å²) in [6, 6.07) is 8.51. The summed E-state index contributed by atoms with van der Waals surface area (Å²) in [5, 5.41) is 2.84. The first kappa shape index (κ1) is 7.74. The second-order valence-electron chi connectivity index (χ2n) is 3.84. The van der Waals surface area contributed by atoms with Gasteiger partial charge in [0.25, 0.3) is 0 Å². The number of rotatable bonds is 0. The van der Waals surface area contributed by atoms with Crippen LogP contribution < -0.4 is 5.19 Å². The average Bonchev–Trinajstić information content (AvgIpc) is 2.25. The smallest absolute Gasteiger partial charge is 0.132 e. The van der Waals surface area contributed by atoms with Crippen LogP contribution in [0.1, 0.15) is 6.92 Å². The van der Waals surface area contributed by atoms with Crippen molar-refractivity contribution in [1.82, 2.24) is 0 Å². The van der Waals surface area contributed by atoms with Gasteiger partial charge in [0.2, 0.25) is 0 Å². The second kappa shape index (κ2) is 2.30. The van der Waals surface area contributed by atoms with Gasteiger partial charge in [-0.3, -0.25) is 4.99 Å². The topological polar surface area (TPSA) is 12.4 Å². The molecular weight excluding hydrogens is 162 g/mol. The van der Waals surface area contributed by atoms with Crippen molar-refractivity contribution in [2.45, 2.75) is 20.0 Å². The second-order valence-corrected chi connectivity index (χ2v) is 8.35. The van der Waals surface area contributed by atoms with Crippen LogP contribution >= 0.6 is 0 Å². The summed E-state index contributed by atoms with van der Waals surface area (Å²) in [7, 11) is -1.31. The van der Waals surface area contributed by atoms with Crippen molar-refractivity contribution < 1.29 is 0 Å². The molecule has 1 heterocycles. The number of fused-ring (bicyclic) bond motifs is 1. The summed E-state index contributed by atoms with van der Waals surface area (Å²) in [4.78, 5) is 4.58. The van der Waals surface area contributed by atoms with Gasteiger partial charge in [-0.15, -0.1) is 0 Å². The molecular formula is C10H13NSi. The highest BCUT2D eigenvalue weighted by Gasteiger charge is 2.33. The van der Waals surface area contributed by atoms with Crippen molar-refractivity contribution in [1.29, 1.82) is 0 Å². The van der Waals surface area contributed by atoms with E-state index in [4.69, 9.17) is 0 Å². The predicted octanol–water partition coefficient (Wildman–Crippen LogP) is 2.25. The summed E-state index contributed by atoms with van der Waals surface area (Å²) >= 11 is 0. The van der Waals surface area contributed by atoms with Gasteiger partial charge in [-0.25, -0.2) is 0 Å². The number of aliphatic imine (C=N–C) groups is 1. The SMILES string of the molecule is CC1=Nc2ccccc2[Si]1(C)C. The Morgan fingerprint density at radius 2 is 1.83 bits per heavy atom. The molecule has 12 heavy (non-hydrogen) atoms. The summed E-state index contributed by atoms with van der Waals surface area (Å²) < 4.78 is 0. The number of benzene rings is 1. The summed E-state index contributed by atoms with van der Waals surface area (Å²) in [6.07, 6.45) is 0. The van der Waals surface area contributed by atoms with Crippen molar-refractivity contribution in [2.24, 2.45) is 4.99 Å². The quantitative estimate of drug-likeness (QED) is 0.536. The van der Waals surface area contributed by atoms with Gasteiger partial charge >= 0.3 is 0 Å². The van der Waals surface area contributed by atoms with Crippen molar-refractivity contribution in [3.63, 3.8) is 0 Å². The number of para-hydroxylation sites is 1. The predicted molar refractivity (Wildman–Crippen MR) is 56.3 cm³/mol. The third-order valence-electron chi connectivity index (χ3n) is 2.77. The van der Waals surface area contributed by atoms with E-state index in [1.807, 2.05) is 0 Å². The molecule has 0 saturated heterocycles. The summed E-state index contributed by atoms with van der Waals surface area (Å²) in [6.45, 7) is 6.88. The van der Waals surface area contributed by atoms with E-state index in [-0.39, 0.29) is 0 Å². The number of hydrogen-bond acceptors (Lipinski definition) is 1. The molecule has 0 unspecified atom stereocenters. The molecule has 0 aliphatic carbocycles. The summed E-state index contributed by atoms with van der Waals surface area (Å²) in [5.74, 6) is 0. The van der Waals surface area contributed by atoms with Crippen molar-refractivity contribution >= 4 is 24.3 Å². The van der Waals surface area contributed by atoms with Crippen molar-refractivity contribution in [3.8, 4) is 0 Å². The van der Waals surface area contributed by atoms with Gasteiger partial charge in [0.15, 0.2) is 0 Å². The van der Waals surface area contributed by atoms with Crippen molar-refractivity contribution in [2.75, 3.05) is 0 Å². The zero-order chi connectivity index (χ0) is 8.77. The Hall–Kier alpha value is -0.893. The highest BCUT2D eigenvalue weighted by atomic mass is 28.3. The van der Waals surface area contributed by atoms with Gasteiger partial charge in [0, 0.05) is 5.33 Å². The minimum absolute atomic E-state index is 1.20. The van der Waals surface area contributed by atoms with E-state index >= 15 is 0 Å². The van der Waals surface area contributed by atoms with E-state index in [2.05, 4.69) is 49.3 Å². The third kappa shape index (κ3) is 0.878. The number of nitrogens with zero attached hydrogens (tertiary/aromatic N) is 1. The molecule has 0 N–H and O–H groups in total. The van der Waals surface area contributed by atoms with E-state index in [0.29, 0.717) is 0 Å². The Morgan fingerprint density at radius 3 is 2.50 bits per heavy atom. The minimum Gasteiger partial charge on any atom is -0.262 e. The molecule has 0 bridgehead atoms. The third-order valence-corrected chi connectivity index (χ3v) is 6.46. The molecule has 0 atom stereocenters. The fraction of sp³-hybridized carbons (Fsp3) is 0.300. The van der Waals surface area contributed by atoms with Crippen LogP contribution in [0.5, 0.6) is 0 Å². The normalized spacial score (nSPS) is 18.8. The Morgan fingerprint density at radius 1 is 1.17 bits per heavy atom. The van der Waals surface area contributed by atoms with Gasteiger partial charge in [0.1, 0.15) is 8.07 Å². The lowest BCUT2D eigenvalue weighted by Crippen LogP contribution is -2.45. The first-order chi connectivity index (χ1) is 5.62.